The number of phenolic OH excluding ortho intramolecular Hbond substituents is 1. The van der Waals surface area contributed by atoms with Gasteiger partial charge in [-0.25, -0.2) is 9.97 Å². The maximum absolute atomic E-state index is 9.95. The molecule has 164 valence electrons. The highest BCUT2D eigenvalue weighted by Gasteiger charge is 2.19. The van der Waals surface area contributed by atoms with Gasteiger partial charge in [0, 0.05) is 10.4 Å². The van der Waals surface area contributed by atoms with E-state index in [0.717, 1.165) is 44.0 Å². The van der Waals surface area contributed by atoms with Crippen molar-refractivity contribution >= 4 is 27.4 Å². The molecule has 2 aromatic heterocycles. The van der Waals surface area contributed by atoms with Crippen molar-refractivity contribution in [1.82, 2.24) is 9.97 Å². The normalized spacial score (nSPS) is 11.3. The summed E-state index contributed by atoms with van der Waals surface area (Å²) in [6.07, 6.45) is 2.36. The predicted octanol–water partition coefficient (Wildman–Crippen LogP) is 6.32. The average Bonchev–Trinajstić information content (AvgIpc) is 3.19. The first-order chi connectivity index (χ1) is 15.7. The Labute approximate surface area is 190 Å². The van der Waals surface area contributed by atoms with Crippen molar-refractivity contribution in [3.8, 4) is 27.7 Å². The van der Waals surface area contributed by atoms with Crippen molar-refractivity contribution < 1.29 is 14.6 Å². The van der Waals surface area contributed by atoms with E-state index in [-0.39, 0.29) is 5.75 Å². The first-order valence-corrected chi connectivity index (χ1v) is 11.2. The maximum Gasteiger partial charge on any atom is 0.195 e. The van der Waals surface area contributed by atoms with Gasteiger partial charge in [-0.1, -0.05) is 25.1 Å². The Hall–Kier alpha value is -3.52. The third-order valence-corrected chi connectivity index (χ3v) is 6.25. The number of phenols is 1. The summed E-state index contributed by atoms with van der Waals surface area (Å²) in [7, 11) is 1.52. The minimum absolute atomic E-state index is 0.0769. The minimum atomic E-state index is 0.0769. The fraction of sp³-hybridized carbons (Fsp3) is 0.250. The SMILES string of the molecule is CCOc1ccccc1-c1sc2c(N=NCc3ccc(OC)c(O)c3)ncnc2c1CC. The number of azo groups is 1. The van der Waals surface area contributed by atoms with Crippen molar-refractivity contribution in [2.45, 2.75) is 26.8 Å². The van der Waals surface area contributed by atoms with Crippen LogP contribution in [0, 0.1) is 0 Å². The van der Waals surface area contributed by atoms with Crippen LogP contribution in [0.15, 0.2) is 59.0 Å². The van der Waals surface area contributed by atoms with Crippen molar-refractivity contribution in [2.24, 2.45) is 10.2 Å². The van der Waals surface area contributed by atoms with Gasteiger partial charge < -0.3 is 14.6 Å². The van der Waals surface area contributed by atoms with Crippen LogP contribution in [0.3, 0.4) is 0 Å². The van der Waals surface area contributed by atoms with Crippen LogP contribution in [0.5, 0.6) is 17.2 Å². The summed E-state index contributed by atoms with van der Waals surface area (Å²) >= 11 is 1.61. The Morgan fingerprint density at radius 2 is 1.91 bits per heavy atom. The monoisotopic (exact) mass is 448 g/mol. The van der Waals surface area contributed by atoms with Crippen molar-refractivity contribution in [1.29, 1.82) is 0 Å². The summed E-state index contributed by atoms with van der Waals surface area (Å²) in [5, 5.41) is 18.6. The van der Waals surface area contributed by atoms with Crippen LogP contribution in [0.1, 0.15) is 25.0 Å². The van der Waals surface area contributed by atoms with E-state index in [9.17, 15) is 5.11 Å². The molecule has 2 aromatic carbocycles. The topological polar surface area (TPSA) is 89.2 Å². The molecule has 7 nitrogen and oxygen atoms in total. The maximum atomic E-state index is 9.95. The quantitative estimate of drug-likeness (QED) is 0.319. The van der Waals surface area contributed by atoms with Gasteiger partial charge in [0.15, 0.2) is 17.3 Å². The summed E-state index contributed by atoms with van der Waals surface area (Å²) in [4.78, 5) is 10.0. The average molecular weight is 449 g/mol. The molecule has 0 aliphatic rings. The Morgan fingerprint density at radius 1 is 1.06 bits per heavy atom. The van der Waals surface area contributed by atoms with Gasteiger partial charge in [0.1, 0.15) is 16.8 Å². The lowest BCUT2D eigenvalue weighted by molar-refractivity contribution is 0.341. The van der Waals surface area contributed by atoms with E-state index in [1.54, 1.807) is 23.5 Å². The van der Waals surface area contributed by atoms with Crippen LogP contribution >= 0.6 is 11.3 Å². The van der Waals surface area contributed by atoms with Crippen LogP contribution in [0.25, 0.3) is 20.7 Å². The number of ether oxygens (including phenoxy) is 2. The van der Waals surface area contributed by atoms with Gasteiger partial charge in [0.05, 0.1) is 25.8 Å². The minimum Gasteiger partial charge on any atom is -0.504 e. The molecule has 0 fully saturated rings. The first kappa shape index (κ1) is 21.7. The van der Waals surface area contributed by atoms with Crippen LogP contribution in [0.2, 0.25) is 0 Å². The van der Waals surface area contributed by atoms with Gasteiger partial charge in [-0.15, -0.1) is 16.5 Å². The molecule has 0 saturated heterocycles. The lowest BCUT2D eigenvalue weighted by atomic mass is 10.1. The standard InChI is InChI=1S/C24H24N4O3S/c1-4-16-21-23(32-22(16)17-8-6-7-9-19(17)31-5-2)24(26-14-25-21)28-27-13-15-10-11-20(30-3)18(29)12-15/h6-12,14,29H,4-5,13H2,1-3H3. The molecule has 0 aliphatic heterocycles. The number of fused-ring (bicyclic) bond motifs is 1. The molecule has 4 aromatic rings. The van der Waals surface area contributed by atoms with E-state index in [1.807, 2.05) is 31.2 Å². The number of aromatic nitrogens is 2. The van der Waals surface area contributed by atoms with Gasteiger partial charge in [-0.05, 0) is 48.7 Å². The first-order valence-electron chi connectivity index (χ1n) is 10.4. The number of aromatic hydroxyl groups is 1. The summed E-state index contributed by atoms with van der Waals surface area (Å²) < 4.78 is 11.8. The second kappa shape index (κ2) is 9.74. The van der Waals surface area contributed by atoms with E-state index in [2.05, 4.69) is 33.2 Å². The predicted molar refractivity (Wildman–Crippen MR) is 126 cm³/mol. The molecule has 4 rings (SSSR count). The second-order valence-electron chi connectivity index (χ2n) is 6.97. The molecule has 0 atom stereocenters. The molecule has 0 radical (unpaired) electrons. The van der Waals surface area contributed by atoms with Crippen molar-refractivity contribution in [3.63, 3.8) is 0 Å². The molecule has 0 amide bonds. The van der Waals surface area contributed by atoms with E-state index in [4.69, 9.17) is 9.47 Å². The summed E-state index contributed by atoms with van der Waals surface area (Å²) in [6.45, 7) is 5.02. The Bertz CT molecular complexity index is 1270. The number of aryl methyl sites for hydroxylation is 1. The molecular weight excluding hydrogens is 424 g/mol. The number of nitrogens with zero attached hydrogens (tertiary/aromatic N) is 4. The van der Waals surface area contributed by atoms with Crippen LogP contribution in [-0.4, -0.2) is 28.8 Å². The highest BCUT2D eigenvalue weighted by molar-refractivity contribution is 7.23. The number of benzene rings is 2. The van der Waals surface area contributed by atoms with E-state index in [1.165, 1.54) is 13.4 Å². The molecule has 0 bridgehead atoms. The lowest BCUT2D eigenvalue weighted by Gasteiger charge is -2.09. The van der Waals surface area contributed by atoms with Crippen molar-refractivity contribution in [2.75, 3.05) is 13.7 Å². The van der Waals surface area contributed by atoms with E-state index in [0.29, 0.717) is 24.7 Å². The molecule has 1 N–H and O–H groups in total. The summed E-state index contributed by atoms with van der Waals surface area (Å²) in [5.74, 6) is 1.89. The van der Waals surface area contributed by atoms with E-state index < -0.39 is 0 Å². The second-order valence-corrected chi connectivity index (χ2v) is 7.99. The van der Waals surface area contributed by atoms with Gasteiger partial charge in [-0.3, -0.25) is 0 Å². The molecular formula is C24H24N4O3S. The zero-order valence-corrected chi connectivity index (χ0v) is 19.0. The Balaban J connectivity index is 1.70. The Kier molecular flexibility index (Phi) is 6.61. The highest BCUT2D eigenvalue weighted by atomic mass is 32.1. The molecule has 2 heterocycles. The third-order valence-electron chi connectivity index (χ3n) is 5.00. The van der Waals surface area contributed by atoms with Gasteiger partial charge in [-0.2, -0.15) is 5.11 Å². The fourth-order valence-electron chi connectivity index (χ4n) is 3.51. The van der Waals surface area contributed by atoms with Gasteiger partial charge in [0.25, 0.3) is 0 Å². The number of hydrogen-bond acceptors (Lipinski definition) is 8. The lowest BCUT2D eigenvalue weighted by Crippen LogP contribution is -1.94. The number of methoxy groups -OCH3 is 1. The van der Waals surface area contributed by atoms with Crippen LogP contribution in [0.4, 0.5) is 5.82 Å². The number of para-hydroxylation sites is 1. The zero-order chi connectivity index (χ0) is 22.5. The van der Waals surface area contributed by atoms with Gasteiger partial charge >= 0.3 is 0 Å². The largest absolute Gasteiger partial charge is 0.504 e. The molecule has 0 aliphatic carbocycles. The molecule has 0 saturated carbocycles. The smallest absolute Gasteiger partial charge is 0.195 e. The summed E-state index contributed by atoms with van der Waals surface area (Å²) in [6, 6.07) is 13.2. The summed E-state index contributed by atoms with van der Waals surface area (Å²) in [5.41, 5.74) is 3.91. The van der Waals surface area contributed by atoms with Crippen LogP contribution in [-0.2, 0) is 13.0 Å². The van der Waals surface area contributed by atoms with Gasteiger partial charge in [0.2, 0.25) is 0 Å². The number of rotatable bonds is 8. The number of hydrogen-bond donors (Lipinski definition) is 1. The van der Waals surface area contributed by atoms with Crippen LogP contribution < -0.4 is 9.47 Å². The number of thiophene rings is 1. The zero-order valence-electron chi connectivity index (χ0n) is 18.2. The molecule has 0 spiro atoms. The third kappa shape index (κ3) is 4.27. The highest BCUT2D eigenvalue weighted by Crippen LogP contribution is 2.44. The van der Waals surface area contributed by atoms with Crippen molar-refractivity contribution in [3.05, 3.63) is 59.9 Å². The fourth-order valence-corrected chi connectivity index (χ4v) is 4.82. The molecule has 32 heavy (non-hydrogen) atoms. The van der Waals surface area contributed by atoms with E-state index >= 15 is 0 Å². The molecule has 8 heteroatoms. The Morgan fingerprint density at radius 3 is 2.66 bits per heavy atom. The molecule has 0 unspecified atom stereocenters.